The molecular weight excluding hydrogens is 737 g/mol. The summed E-state index contributed by atoms with van der Waals surface area (Å²) < 4.78 is 0. The van der Waals surface area contributed by atoms with Gasteiger partial charge in [-0.15, -0.1) is 5.10 Å². The number of benzene rings is 3. The van der Waals surface area contributed by atoms with Crippen molar-refractivity contribution in [3.8, 4) is 11.4 Å². The molecule has 0 aliphatic carbocycles. The fourth-order valence-electron chi connectivity index (χ4n) is 4.78. The van der Waals surface area contributed by atoms with Crippen molar-refractivity contribution in [3.05, 3.63) is 88.0 Å². The third-order valence-corrected chi connectivity index (χ3v) is 7.51. The number of hydrogen-bond acceptors (Lipinski definition) is 13. The summed E-state index contributed by atoms with van der Waals surface area (Å²) in [6, 6.07) is 14.3. The Hall–Kier alpha value is -8.57. The third kappa shape index (κ3) is 12.0. The highest BCUT2D eigenvalue weighted by molar-refractivity contribution is 6.12. The number of amides is 2. The van der Waals surface area contributed by atoms with Gasteiger partial charge in [-0.3, -0.25) is 31.2 Å². The smallest absolute Gasteiger partial charge is 0.255 e. The molecule has 4 rings (SSSR count). The molecule has 2 amide bonds. The van der Waals surface area contributed by atoms with E-state index in [1.54, 1.807) is 64.1 Å². The van der Waals surface area contributed by atoms with Crippen molar-refractivity contribution in [1.29, 1.82) is 21.6 Å². The molecule has 0 saturated heterocycles. The lowest BCUT2D eigenvalue weighted by Crippen LogP contribution is -2.27. The van der Waals surface area contributed by atoms with E-state index >= 15 is 0 Å². The first-order chi connectivity index (χ1) is 27.0. The molecule has 0 aliphatic heterocycles. The Balaban J connectivity index is 1.76. The highest BCUT2D eigenvalue weighted by atomic mass is 16.2. The van der Waals surface area contributed by atoms with Crippen LogP contribution >= 0.6 is 0 Å². The first kappa shape index (κ1) is 41.2. The third-order valence-electron chi connectivity index (χ3n) is 7.51. The summed E-state index contributed by atoms with van der Waals surface area (Å²) in [4.78, 5) is 27.9. The van der Waals surface area contributed by atoms with Crippen molar-refractivity contribution in [2.24, 2.45) is 43.3 Å². The minimum absolute atomic E-state index is 0.0549. The first-order valence-corrected chi connectivity index (χ1v) is 16.4. The maximum Gasteiger partial charge on any atom is 0.255 e. The van der Waals surface area contributed by atoms with Gasteiger partial charge in [0.25, 0.3) is 11.8 Å². The number of nitrogens with zero attached hydrogens (tertiary/aromatic N) is 7. The van der Waals surface area contributed by atoms with Crippen LogP contribution in [-0.2, 0) is 0 Å². The largest absolute Gasteiger partial charge is 0.369 e. The molecule has 3 aromatic carbocycles. The molecule has 1 aromatic heterocycles. The summed E-state index contributed by atoms with van der Waals surface area (Å²) in [6.45, 7) is 6.64. The maximum atomic E-state index is 14.0. The van der Waals surface area contributed by atoms with Gasteiger partial charge in [-0.25, -0.2) is 26.8 Å². The Labute approximate surface area is 324 Å². The van der Waals surface area contributed by atoms with Crippen molar-refractivity contribution < 1.29 is 9.59 Å². The van der Waals surface area contributed by atoms with Gasteiger partial charge in [0, 0.05) is 50.3 Å². The first-order valence-electron chi connectivity index (χ1n) is 16.4. The Morgan fingerprint density at radius 1 is 0.526 bits per heavy atom. The van der Waals surface area contributed by atoms with Crippen LogP contribution in [0.1, 0.15) is 70.7 Å². The fourth-order valence-corrected chi connectivity index (χ4v) is 4.78. The van der Waals surface area contributed by atoms with Crippen LogP contribution < -0.4 is 55.3 Å². The molecule has 4 aromatic rings. The number of rotatable bonds is 13. The van der Waals surface area contributed by atoms with Crippen molar-refractivity contribution in [2.45, 2.75) is 27.7 Å². The number of H-pyrrole nitrogens is 1. The number of aromatic nitrogens is 4. The summed E-state index contributed by atoms with van der Waals surface area (Å²) in [5.74, 6) is -2.58. The van der Waals surface area contributed by atoms with E-state index in [0.29, 0.717) is 62.0 Å². The van der Waals surface area contributed by atoms with Crippen molar-refractivity contribution in [2.75, 3.05) is 10.6 Å². The number of carbonyl (C=O) groups is 2. The fraction of sp³-hybridized carbons (Fsp3) is 0.121. The molecule has 0 fully saturated rings. The molecule has 57 heavy (non-hydrogen) atoms. The van der Waals surface area contributed by atoms with Crippen molar-refractivity contribution >= 4 is 69.9 Å². The van der Waals surface area contributed by atoms with Crippen molar-refractivity contribution in [3.63, 3.8) is 0 Å². The Bertz CT molecular complexity index is 2110. The Kier molecular flexibility index (Phi) is 13.3. The summed E-state index contributed by atoms with van der Waals surface area (Å²) in [5.41, 5.74) is 35.9. The number of nitrogens with two attached hydrogens (primary N) is 4. The van der Waals surface area contributed by atoms with Gasteiger partial charge in [0.1, 0.15) is 0 Å². The quantitative estimate of drug-likeness (QED) is 0.0491. The number of guanidine groups is 4. The average molecular weight is 777 g/mol. The molecule has 0 spiro atoms. The molecule has 0 saturated carbocycles. The SMILES string of the molecule is C/C(=N/NC(=N)N)c1cc(NC(=O)c2cc(C(=O)Nc3cc(/C(C)=N\NC(=N)N)cc(/C(C)=N/NC(=N)N)c3)cc(-c3nnn[nH]3)c2)cc(/C(C)=N\NC(=N)N)c1. The highest BCUT2D eigenvalue weighted by Gasteiger charge is 2.18. The van der Waals surface area contributed by atoms with Gasteiger partial charge < -0.3 is 33.6 Å². The lowest BCUT2D eigenvalue weighted by Gasteiger charge is -2.14. The van der Waals surface area contributed by atoms with E-state index in [1.165, 1.54) is 18.2 Å². The van der Waals surface area contributed by atoms with E-state index in [-0.39, 0.29) is 40.8 Å². The molecule has 1 heterocycles. The molecule has 19 N–H and O–H groups in total. The zero-order chi connectivity index (χ0) is 41.8. The summed E-state index contributed by atoms with van der Waals surface area (Å²) in [6.07, 6.45) is 0. The number of hydrogen-bond donors (Lipinski definition) is 15. The number of carbonyl (C=O) groups excluding carboxylic acids is 2. The molecule has 294 valence electrons. The summed E-state index contributed by atoms with van der Waals surface area (Å²) in [5, 5.41) is 65.7. The molecule has 0 radical (unpaired) electrons. The molecule has 0 unspecified atom stereocenters. The van der Waals surface area contributed by atoms with Crippen LogP contribution in [0.5, 0.6) is 0 Å². The van der Waals surface area contributed by atoms with E-state index in [4.69, 9.17) is 44.6 Å². The Morgan fingerprint density at radius 3 is 1.12 bits per heavy atom. The number of hydrazone groups is 4. The minimum atomic E-state index is -0.617. The molecule has 24 heteroatoms. The second-order valence-electron chi connectivity index (χ2n) is 11.9. The van der Waals surface area contributed by atoms with Crippen LogP contribution in [0, 0.1) is 21.6 Å². The van der Waals surface area contributed by atoms with E-state index in [0.717, 1.165) is 0 Å². The molecule has 0 atom stereocenters. The zero-order valence-corrected chi connectivity index (χ0v) is 31.0. The molecule has 24 nitrogen and oxygen atoms in total. The number of tetrazole rings is 1. The molecular formula is C33H40N22O2. The predicted octanol–water partition coefficient (Wildman–Crippen LogP) is 0.200. The average Bonchev–Trinajstić information content (AvgIpc) is 3.72. The van der Waals surface area contributed by atoms with Gasteiger partial charge in [0.05, 0.1) is 22.8 Å². The summed E-state index contributed by atoms with van der Waals surface area (Å²) in [7, 11) is 0. The van der Waals surface area contributed by atoms with E-state index < -0.39 is 11.8 Å². The van der Waals surface area contributed by atoms with Gasteiger partial charge in [-0.05, 0) is 92.7 Å². The maximum absolute atomic E-state index is 14.0. The minimum Gasteiger partial charge on any atom is -0.369 e. The van der Waals surface area contributed by atoms with Gasteiger partial charge in [-0.2, -0.15) is 20.4 Å². The highest BCUT2D eigenvalue weighted by Crippen LogP contribution is 2.24. The van der Waals surface area contributed by atoms with Crippen LogP contribution in [0.15, 0.2) is 75.0 Å². The molecule has 0 aliphatic rings. The second kappa shape index (κ2) is 18.5. The van der Waals surface area contributed by atoms with Crippen molar-refractivity contribution in [1.82, 2.24) is 42.3 Å². The number of aromatic amines is 1. The van der Waals surface area contributed by atoms with Crippen LogP contribution in [0.4, 0.5) is 11.4 Å². The zero-order valence-electron chi connectivity index (χ0n) is 31.0. The monoisotopic (exact) mass is 776 g/mol. The van der Waals surface area contributed by atoms with Gasteiger partial charge in [-0.1, -0.05) is 0 Å². The predicted molar refractivity (Wildman–Crippen MR) is 217 cm³/mol. The van der Waals surface area contributed by atoms with E-state index in [1.807, 2.05) is 0 Å². The second-order valence-corrected chi connectivity index (χ2v) is 11.9. The van der Waals surface area contributed by atoms with Gasteiger partial charge in [0.15, 0.2) is 5.82 Å². The molecule has 0 bridgehead atoms. The standard InChI is InChI=1S/C33H40N22O2/c1-14(44-50-30(34)35)18-5-19(15(2)45-51-31(36)37)11-25(10-18)42-28(56)23-7-22(27-48-54-55-49-27)8-24(9-23)29(57)43-26-12-20(16(3)46-52-32(38)39)6-21(13-26)17(4)47-53-33(40)41/h5-13H,1-4H3,(H,42,56)(H,43,57)(H4,34,35,50)(H4,36,37,51)(H4,38,39,52)(H4,40,41,53)(H,48,49,54,55)/b44-14-,45-15-,46-16-,47-17+. The Morgan fingerprint density at radius 2 is 0.842 bits per heavy atom. The number of nitrogens with one attached hydrogen (secondary N) is 11. The normalized spacial score (nSPS) is 11.9. The van der Waals surface area contributed by atoms with Crippen LogP contribution in [0.2, 0.25) is 0 Å². The van der Waals surface area contributed by atoms with Crippen LogP contribution in [0.25, 0.3) is 11.4 Å². The van der Waals surface area contributed by atoms with E-state index in [2.05, 4.69) is 73.4 Å². The van der Waals surface area contributed by atoms with E-state index in [9.17, 15) is 9.59 Å². The topological polar surface area (TPSA) is 410 Å². The lowest BCUT2D eigenvalue weighted by molar-refractivity contribution is 0.102. The van der Waals surface area contributed by atoms with Crippen LogP contribution in [-0.4, -0.2) is 79.1 Å². The number of anilines is 2. The lowest BCUT2D eigenvalue weighted by atomic mass is 10.0. The van der Waals surface area contributed by atoms with Gasteiger partial charge in [0.2, 0.25) is 23.8 Å². The summed E-state index contributed by atoms with van der Waals surface area (Å²) >= 11 is 0. The van der Waals surface area contributed by atoms with Crippen LogP contribution in [0.3, 0.4) is 0 Å². The van der Waals surface area contributed by atoms with Gasteiger partial charge >= 0.3 is 0 Å².